The SMILES string of the molecule is O=C(O)c1cc(S(=O)(=O)N(CC(O)CO)C2CCS(=O)(=O)C2)c(Cl)cc1Cl. The molecule has 1 aromatic rings. The maximum atomic E-state index is 13.1. The molecule has 1 fully saturated rings. The lowest BCUT2D eigenvalue weighted by molar-refractivity contribution is 0.0696. The normalized spacial score (nSPS) is 20.7. The van der Waals surface area contributed by atoms with Crippen LogP contribution in [0.25, 0.3) is 0 Å². The van der Waals surface area contributed by atoms with E-state index in [4.69, 9.17) is 33.4 Å². The molecule has 2 rings (SSSR count). The Labute approximate surface area is 166 Å². The molecule has 13 heteroatoms. The summed E-state index contributed by atoms with van der Waals surface area (Å²) in [6.45, 7) is -1.33. The van der Waals surface area contributed by atoms with E-state index in [0.29, 0.717) is 0 Å². The smallest absolute Gasteiger partial charge is 0.337 e. The van der Waals surface area contributed by atoms with Gasteiger partial charge in [0.2, 0.25) is 10.0 Å². The monoisotopic (exact) mass is 461 g/mol. The van der Waals surface area contributed by atoms with E-state index < -0.39 is 67.3 Å². The van der Waals surface area contributed by atoms with Gasteiger partial charge in [0.15, 0.2) is 9.84 Å². The Morgan fingerprint density at radius 1 is 1.30 bits per heavy atom. The van der Waals surface area contributed by atoms with E-state index in [1.807, 2.05) is 0 Å². The lowest BCUT2D eigenvalue weighted by Gasteiger charge is -2.29. The zero-order chi connectivity index (χ0) is 20.6. The number of sulfonamides is 1. The minimum Gasteiger partial charge on any atom is -0.478 e. The Hall–Kier alpha value is -0.950. The van der Waals surface area contributed by atoms with Crippen LogP contribution in [0.5, 0.6) is 0 Å². The lowest BCUT2D eigenvalue weighted by atomic mass is 10.2. The van der Waals surface area contributed by atoms with Crippen molar-refractivity contribution in [1.82, 2.24) is 4.31 Å². The summed E-state index contributed by atoms with van der Waals surface area (Å²) >= 11 is 11.7. The van der Waals surface area contributed by atoms with Gasteiger partial charge in [0.1, 0.15) is 4.90 Å². The molecule has 1 aromatic carbocycles. The minimum absolute atomic E-state index is 0.00327. The van der Waals surface area contributed by atoms with Gasteiger partial charge in [-0.3, -0.25) is 0 Å². The molecule has 0 spiro atoms. The Morgan fingerprint density at radius 2 is 1.93 bits per heavy atom. The van der Waals surface area contributed by atoms with E-state index in [9.17, 15) is 26.7 Å². The van der Waals surface area contributed by atoms with Gasteiger partial charge in [-0.05, 0) is 18.6 Å². The van der Waals surface area contributed by atoms with Gasteiger partial charge in [0, 0.05) is 12.6 Å². The molecule has 0 bridgehead atoms. The molecule has 1 aliphatic heterocycles. The first kappa shape index (κ1) is 22.3. The number of sulfone groups is 1. The number of hydrogen-bond donors (Lipinski definition) is 3. The summed E-state index contributed by atoms with van der Waals surface area (Å²) in [7, 11) is -7.96. The third-order valence-corrected chi connectivity index (χ3v) is 8.50. The first-order valence-electron chi connectivity index (χ1n) is 7.62. The van der Waals surface area contributed by atoms with Gasteiger partial charge in [0.05, 0.1) is 39.8 Å². The molecule has 1 aliphatic rings. The molecule has 152 valence electrons. The number of carboxylic acid groups (broad SMARTS) is 1. The van der Waals surface area contributed by atoms with Crippen LogP contribution in [0.1, 0.15) is 16.8 Å². The Kier molecular flexibility index (Phi) is 6.78. The fourth-order valence-corrected chi connectivity index (χ4v) is 7.08. The summed E-state index contributed by atoms with van der Waals surface area (Å²) in [6, 6.07) is 0.761. The molecule has 0 aromatic heterocycles. The van der Waals surface area contributed by atoms with Gasteiger partial charge in [0.25, 0.3) is 0 Å². The Balaban J connectivity index is 2.57. The summed E-state index contributed by atoms with van der Waals surface area (Å²) in [5.74, 6) is -2.16. The van der Waals surface area contributed by atoms with E-state index in [0.717, 1.165) is 16.4 Å². The van der Waals surface area contributed by atoms with Crippen molar-refractivity contribution < 1.29 is 36.9 Å². The van der Waals surface area contributed by atoms with Crippen molar-refractivity contribution in [2.75, 3.05) is 24.7 Å². The molecule has 0 saturated carbocycles. The number of halogens is 2. The predicted molar refractivity (Wildman–Crippen MR) is 97.5 cm³/mol. The molecule has 1 heterocycles. The molecule has 1 saturated heterocycles. The van der Waals surface area contributed by atoms with Crippen molar-refractivity contribution in [2.24, 2.45) is 0 Å². The zero-order valence-electron chi connectivity index (χ0n) is 13.7. The number of aliphatic hydroxyl groups excluding tert-OH is 2. The molecule has 3 N–H and O–H groups in total. The molecule has 9 nitrogen and oxygen atoms in total. The zero-order valence-corrected chi connectivity index (χ0v) is 16.9. The second kappa shape index (κ2) is 8.19. The van der Waals surface area contributed by atoms with Crippen molar-refractivity contribution in [3.63, 3.8) is 0 Å². The largest absolute Gasteiger partial charge is 0.478 e. The summed E-state index contributed by atoms with van der Waals surface area (Å²) in [4.78, 5) is 10.7. The molecule has 2 atom stereocenters. The second-order valence-electron chi connectivity index (χ2n) is 6.04. The maximum Gasteiger partial charge on any atom is 0.337 e. The van der Waals surface area contributed by atoms with Gasteiger partial charge < -0.3 is 15.3 Å². The first-order chi connectivity index (χ1) is 12.4. The van der Waals surface area contributed by atoms with E-state index in [-0.39, 0.29) is 22.2 Å². The third-order valence-electron chi connectivity index (χ3n) is 4.06. The van der Waals surface area contributed by atoms with Crippen LogP contribution in [0.4, 0.5) is 0 Å². The topological polar surface area (TPSA) is 149 Å². The van der Waals surface area contributed by atoms with Crippen LogP contribution in [0.2, 0.25) is 10.0 Å². The van der Waals surface area contributed by atoms with E-state index >= 15 is 0 Å². The van der Waals surface area contributed by atoms with Gasteiger partial charge in [-0.2, -0.15) is 4.31 Å². The predicted octanol–water partition coefficient (Wildman–Crippen LogP) is 0.223. The lowest BCUT2D eigenvalue weighted by Crippen LogP contribution is -2.46. The summed E-state index contributed by atoms with van der Waals surface area (Å²) in [6.07, 6.45) is -1.47. The van der Waals surface area contributed by atoms with Crippen molar-refractivity contribution >= 4 is 49.0 Å². The van der Waals surface area contributed by atoms with Gasteiger partial charge >= 0.3 is 5.97 Å². The molecule has 0 aliphatic carbocycles. The van der Waals surface area contributed by atoms with Crippen molar-refractivity contribution in [3.8, 4) is 0 Å². The van der Waals surface area contributed by atoms with E-state index in [2.05, 4.69) is 0 Å². The summed E-state index contributed by atoms with van der Waals surface area (Å²) < 4.78 is 50.5. The number of carbonyl (C=O) groups is 1. The molecule has 27 heavy (non-hydrogen) atoms. The van der Waals surface area contributed by atoms with Crippen LogP contribution in [0.15, 0.2) is 17.0 Å². The van der Waals surface area contributed by atoms with Crippen LogP contribution >= 0.6 is 23.2 Å². The molecular weight excluding hydrogens is 445 g/mol. The van der Waals surface area contributed by atoms with Crippen molar-refractivity contribution in [1.29, 1.82) is 0 Å². The van der Waals surface area contributed by atoms with Crippen molar-refractivity contribution in [2.45, 2.75) is 23.5 Å². The van der Waals surface area contributed by atoms with Gasteiger partial charge in [-0.1, -0.05) is 23.2 Å². The summed E-state index contributed by atoms with van der Waals surface area (Å²) in [5, 5.41) is 27.3. The van der Waals surface area contributed by atoms with Gasteiger partial charge in [-0.15, -0.1) is 0 Å². The number of rotatable bonds is 7. The molecule has 2 unspecified atom stereocenters. The molecular formula is C14H17Cl2NO8S2. The van der Waals surface area contributed by atoms with Crippen LogP contribution in [-0.4, -0.2) is 79.2 Å². The van der Waals surface area contributed by atoms with Crippen molar-refractivity contribution in [3.05, 3.63) is 27.7 Å². The highest BCUT2D eigenvalue weighted by molar-refractivity contribution is 7.92. The quantitative estimate of drug-likeness (QED) is 0.521. The average Bonchev–Trinajstić information content (AvgIpc) is 2.90. The number of aliphatic hydroxyl groups is 2. The number of benzene rings is 1. The second-order valence-corrected chi connectivity index (χ2v) is 10.9. The fraction of sp³-hybridized carbons (Fsp3) is 0.500. The van der Waals surface area contributed by atoms with Crippen LogP contribution in [0.3, 0.4) is 0 Å². The first-order valence-corrected chi connectivity index (χ1v) is 11.6. The summed E-state index contributed by atoms with van der Waals surface area (Å²) in [5.41, 5.74) is -0.499. The number of hydrogen-bond acceptors (Lipinski definition) is 7. The standard InChI is InChI=1S/C14H17Cl2NO8S2/c15-11-4-12(16)13(3-10(11)14(20)21)27(24,25)17(5-9(19)6-18)8-1-2-26(22,23)7-8/h3-4,8-9,18-19H,1-2,5-7H2,(H,20,21). The molecule has 0 amide bonds. The van der Waals surface area contributed by atoms with Crippen LogP contribution in [0, 0.1) is 0 Å². The number of nitrogens with zero attached hydrogens (tertiary/aromatic N) is 1. The van der Waals surface area contributed by atoms with E-state index in [1.165, 1.54) is 0 Å². The highest BCUT2D eigenvalue weighted by Crippen LogP contribution is 2.33. The highest BCUT2D eigenvalue weighted by atomic mass is 35.5. The van der Waals surface area contributed by atoms with Crippen LogP contribution < -0.4 is 0 Å². The van der Waals surface area contributed by atoms with E-state index in [1.54, 1.807) is 0 Å². The molecule has 0 radical (unpaired) electrons. The minimum atomic E-state index is -4.50. The number of aromatic carboxylic acids is 1. The van der Waals surface area contributed by atoms with Gasteiger partial charge in [-0.25, -0.2) is 21.6 Å². The third kappa shape index (κ3) is 4.91. The number of carboxylic acids is 1. The maximum absolute atomic E-state index is 13.1. The highest BCUT2D eigenvalue weighted by Gasteiger charge is 2.40. The Morgan fingerprint density at radius 3 is 2.41 bits per heavy atom. The fourth-order valence-electron chi connectivity index (χ4n) is 2.73. The average molecular weight is 462 g/mol. The van der Waals surface area contributed by atoms with Crippen LogP contribution in [-0.2, 0) is 19.9 Å². The Bertz CT molecular complexity index is 948.